The Morgan fingerprint density at radius 1 is 1.33 bits per heavy atom. The first-order valence-corrected chi connectivity index (χ1v) is 8.87. The second-order valence-electron chi connectivity index (χ2n) is 5.62. The summed E-state index contributed by atoms with van der Waals surface area (Å²) in [6.07, 6.45) is 0.111. The number of benzene rings is 1. The van der Waals surface area contributed by atoms with E-state index < -0.39 is 16.1 Å². The molecule has 5 nitrogen and oxygen atoms in total. The van der Waals surface area contributed by atoms with Crippen molar-refractivity contribution in [2.45, 2.75) is 37.8 Å². The van der Waals surface area contributed by atoms with Gasteiger partial charge < -0.3 is 10.4 Å². The third-order valence-corrected chi connectivity index (χ3v) is 5.90. The Labute approximate surface area is 127 Å². The molecule has 21 heavy (non-hydrogen) atoms. The molecule has 6 heteroatoms. The van der Waals surface area contributed by atoms with Crippen molar-refractivity contribution in [1.82, 2.24) is 9.62 Å². The first-order chi connectivity index (χ1) is 9.95. The van der Waals surface area contributed by atoms with Gasteiger partial charge in [-0.05, 0) is 36.6 Å². The van der Waals surface area contributed by atoms with Crippen LogP contribution in [0.15, 0.2) is 29.2 Å². The molecular weight excluding hydrogens is 288 g/mol. The predicted molar refractivity (Wildman–Crippen MR) is 82.4 cm³/mol. The monoisotopic (exact) mass is 312 g/mol. The molecule has 2 unspecified atom stereocenters. The zero-order valence-electron chi connectivity index (χ0n) is 12.6. The van der Waals surface area contributed by atoms with Gasteiger partial charge in [-0.2, -0.15) is 4.31 Å². The topological polar surface area (TPSA) is 69.6 Å². The van der Waals surface area contributed by atoms with E-state index in [1.165, 1.54) is 4.31 Å². The molecule has 2 atom stereocenters. The number of hydrogen-bond acceptors (Lipinski definition) is 4. The van der Waals surface area contributed by atoms with E-state index in [-0.39, 0.29) is 12.5 Å². The van der Waals surface area contributed by atoms with Crippen LogP contribution in [0.4, 0.5) is 0 Å². The number of nitrogens with one attached hydrogen (secondary N) is 1. The van der Waals surface area contributed by atoms with Crippen molar-refractivity contribution in [3.63, 3.8) is 0 Å². The molecule has 0 bridgehead atoms. The Morgan fingerprint density at radius 3 is 2.57 bits per heavy atom. The van der Waals surface area contributed by atoms with E-state index >= 15 is 0 Å². The molecule has 1 heterocycles. The van der Waals surface area contributed by atoms with E-state index in [1.54, 1.807) is 12.1 Å². The van der Waals surface area contributed by atoms with Gasteiger partial charge in [0, 0.05) is 19.6 Å². The number of nitrogens with zero attached hydrogens (tertiary/aromatic N) is 1. The highest BCUT2D eigenvalue weighted by Crippen LogP contribution is 2.24. The zero-order chi connectivity index (χ0) is 15.5. The highest BCUT2D eigenvalue weighted by Gasteiger charge is 2.32. The van der Waals surface area contributed by atoms with Crippen LogP contribution < -0.4 is 5.32 Å². The Hall–Kier alpha value is -0.950. The SMILES string of the molecule is CCNCc1ccc(S(=O)(=O)N2CCC(C)C(O)C2)cc1. The Bertz CT molecular complexity index is 557. The highest BCUT2D eigenvalue weighted by molar-refractivity contribution is 7.89. The molecule has 0 saturated carbocycles. The van der Waals surface area contributed by atoms with Gasteiger partial charge in [0.15, 0.2) is 0 Å². The smallest absolute Gasteiger partial charge is 0.243 e. The van der Waals surface area contributed by atoms with Gasteiger partial charge in [0.2, 0.25) is 10.0 Å². The Morgan fingerprint density at radius 2 is 2.00 bits per heavy atom. The first-order valence-electron chi connectivity index (χ1n) is 7.43. The van der Waals surface area contributed by atoms with Crippen molar-refractivity contribution in [3.05, 3.63) is 29.8 Å². The average molecular weight is 312 g/mol. The van der Waals surface area contributed by atoms with Gasteiger partial charge >= 0.3 is 0 Å². The molecule has 1 aliphatic heterocycles. The van der Waals surface area contributed by atoms with Crippen molar-refractivity contribution < 1.29 is 13.5 Å². The minimum Gasteiger partial charge on any atom is -0.391 e. The summed E-state index contributed by atoms with van der Waals surface area (Å²) < 4.78 is 26.5. The fourth-order valence-corrected chi connectivity index (χ4v) is 3.91. The number of hydrogen-bond donors (Lipinski definition) is 2. The van der Waals surface area contributed by atoms with Gasteiger partial charge in [-0.3, -0.25) is 0 Å². The zero-order valence-corrected chi connectivity index (χ0v) is 13.4. The van der Waals surface area contributed by atoms with Crippen molar-refractivity contribution >= 4 is 10.0 Å². The number of β-amino-alcohol motifs (C(OH)–C–C–N with tert-alkyl or cyclic N) is 1. The summed E-state index contributed by atoms with van der Waals surface area (Å²) >= 11 is 0. The van der Waals surface area contributed by atoms with Gasteiger partial charge in [0.25, 0.3) is 0 Å². The van der Waals surface area contributed by atoms with Crippen LogP contribution in [0.5, 0.6) is 0 Å². The molecule has 0 aromatic heterocycles. The molecule has 2 rings (SSSR count). The van der Waals surface area contributed by atoms with Crippen LogP contribution in [0, 0.1) is 5.92 Å². The lowest BCUT2D eigenvalue weighted by molar-refractivity contribution is 0.0605. The van der Waals surface area contributed by atoms with E-state index in [9.17, 15) is 13.5 Å². The summed E-state index contributed by atoms with van der Waals surface area (Å²) in [5.74, 6) is 0.152. The highest BCUT2D eigenvalue weighted by atomic mass is 32.2. The van der Waals surface area contributed by atoms with Crippen LogP contribution in [0.25, 0.3) is 0 Å². The number of aliphatic hydroxyl groups is 1. The quantitative estimate of drug-likeness (QED) is 0.857. The Kier molecular flexibility index (Phi) is 5.37. The maximum atomic E-state index is 12.6. The summed E-state index contributed by atoms with van der Waals surface area (Å²) in [7, 11) is -3.50. The molecule has 1 aromatic carbocycles. The molecule has 1 saturated heterocycles. The minimum atomic E-state index is -3.50. The van der Waals surface area contributed by atoms with Crippen LogP contribution in [-0.2, 0) is 16.6 Å². The summed E-state index contributed by atoms with van der Waals surface area (Å²) in [4.78, 5) is 0.296. The predicted octanol–water partition coefficient (Wildman–Crippen LogP) is 1.19. The molecule has 2 N–H and O–H groups in total. The average Bonchev–Trinajstić information content (AvgIpc) is 2.48. The van der Waals surface area contributed by atoms with Gasteiger partial charge in [0.05, 0.1) is 11.0 Å². The largest absolute Gasteiger partial charge is 0.391 e. The lowest BCUT2D eigenvalue weighted by Crippen LogP contribution is -2.45. The molecule has 118 valence electrons. The standard InChI is InChI=1S/C15H24N2O3S/c1-3-16-10-13-4-6-14(7-5-13)21(19,20)17-9-8-12(2)15(18)11-17/h4-7,12,15-16,18H,3,8-11H2,1-2H3. The van der Waals surface area contributed by atoms with E-state index in [4.69, 9.17) is 0 Å². The molecule has 0 spiro atoms. The lowest BCUT2D eigenvalue weighted by Gasteiger charge is -2.33. The first kappa shape index (κ1) is 16.4. The summed E-state index contributed by atoms with van der Waals surface area (Å²) in [6, 6.07) is 6.95. The van der Waals surface area contributed by atoms with Crippen molar-refractivity contribution in [3.8, 4) is 0 Å². The summed E-state index contributed by atoms with van der Waals surface area (Å²) in [5, 5.41) is 13.1. The third-order valence-electron chi connectivity index (χ3n) is 4.02. The van der Waals surface area contributed by atoms with Crippen LogP contribution in [0.1, 0.15) is 25.8 Å². The number of rotatable bonds is 5. The van der Waals surface area contributed by atoms with Crippen LogP contribution in [0.2, 0.25) is 0 Å². The second kappa shape index (κ2) is 6.87. The van der Waals surface area contributed by atoms with Crippen LogP contribution in [-0.4, -0.2) is 43.6 Å². The van der Waals surface area contributed by atoms with Gasteiger partial charge in [-0.25, -0.2) is 8.42 Å². The van der Waals surface area contributed by atoms with Crippen molar-refractivity contribution in [2.75, 3.05) is 19.6 Å². The normalized spacial score (nSPS) is 24.1. The maximum absolute atomic E-state index is 12.6. The van der Waals surface area contributed by atoms with Crippen LogP contribution >= 0.6 is 0 Å². The van der Waals surface area contributed by atoms with Gasteiger partial charge in [0.1, 0.15) is 0 Å². The van der Waals surface area contributed by atoms with E-state index in [1.807, 2.05) is 26.0 Å². The fraction of sp³-hybridized carbons (Fsp3) is 0.600. The minimum absolute atomic E-state index is 0.152. The second-order valence-corrected chi connectivity index (χ2v) is 7.56. The molecular formula is C15H24N2O3S. The maximum Gasteiger partial charge on any atom is 0.243 e. The fourth-order valence-electron chi connectivity index (χ4n) is 2.44. The van der Waals surface area contributed by atoms with E-state index in [0.717, 1.165) is 18.7 Å². The molecule has 0 amide bonds. The number of sulfonamides is 1. The molecule has 1 aromatic rings. The Balaban J connectivity index is 2.12. The lowest BCUT2D eigenvalue weighted by atomic mass is 9.98. The van der Waals surface area contributed by atoms with E-state index in [0.29, 0.717) is 17.9 Å². The summed E-state index contributed by atoms with van der Waals surface area (Å²) in [5.41, 5.74) is 1.06. The third kappa shape index (κ3) is 3.83. The van der Waals surface area contributed by atoms with Crippen LogP contribution in [0.3, 0.4) is 0 Å². The van der Waals surface area contributed by atoms with Crippen molar-refractivity contribution in [2.24, 2.45) is 5.92 Å². The van der Waals surface area contributed by atoms with Crippen molar-refractivity contribution in [1.29, 1.82) is 0 Å². The molecule has 1 aliphatic rings. The van der Waals surface area contributed by atoms with Gasteiger partial charge in [-0.1, -0.05) is 26.0 Å². The summed E-state index contributed by atoms with van der Waals surface area (Å²) in [6.45, 7) is 6.24. The molecule has 0 aliphatic carbocycles. The number of aliphatic hydroxyl groups excluding tert-OH is 1. The number of piperidine rings is 1. The molecule has 1 fully saturated rings. The molecule has 0 radical (unpaired) electrons. The van der Waals surface area contributed by atoms with Gasteiger partial charge in [-0.15, -0.1) is 0 Å². The van der Waals surface area contributed by atoms with E-state index in [2.05, 4.69) is 5.32 Å².